The van der Waals surface area contributed by atoms with Crippen LogP contribution >= 0.6 is 7.82 Å². The third-order valence-electron chi connectivity index (χ3n) is 9.63. The standard InChI is InChI=1S/C45H83O8P/c1-3-5-7-9-11-13-15-17-19-21-22-24-25-27-29-31-33-35-37-39-44(46)51-41-43(42-52-54(48,49)50)53-45(47)40-38-36-34-32-30-28-26-23-20-18-16-14-12-10-8-6-4-2/h12,14,17-20,43H,3-11,13,15-16,21-42H2,1-2H3,(H2,48,49,50)/b14-12+,19-17+,20-18+/t43-/m1/s1. The summed E-state index contributed by atoms with van der Waals surface area (Å²) >= 11 is 0. The molecule has 0 aromatic rings. The molecule has 0 aliphatic rings. The molecule has 0 fully saturated rings. The van der Waals surface area contributed by atoms with Crippen LogP contribution in [0, 0.1) is 0 Å². The molecule has 0 radical (unpaired) electrons. The predicted octanol–water partition coefficient (Wildman–Crippen LogP) is 13.7. The highest BCUT2D eigenvalue weighted by molar-refractivity contribution is 7.46. The molecule has 0 unspecified atom stereocenters. The Labute approximate surface area is 332 Å². The quantitative estimate of drug-likeness (QED) is 0.0272. The highest BCUT2D eigenvalue weighted by Crippen LogP contribution is 2.36. The Balaban J connectivity index is 3.89. The summed E-state index contributed by atoms with van der Waals surface area (Å²) in [6, 6.07) is 0. The van der Waals surface area contributed by atoms with Gasteiger partial charge in [0.05, 0.1) is 6.61 Å². The maximum atomic E-state index is 12.4. The summed E-state index contributed by atoms with van der Waals surface area (Å²) in [5.41, 5.74) is 0. The summed E-state index contributed by atoms with van der Waals surface area (Å²) in [4.78, 5) is 42.9. The zero-order valence-electron chi connectivity index (χ0n) is 34.9. The number of hydrogen-bond donors (Lipinski definition) is 2. The van der Waals surface area contributed by atoms with Crippen LogP contribution in [0.3, 0.4) is 0 Å². The van der Waals surface area contributed by atoms with Crippen molar-refractivity contribution >= 4 is 19.8 Å². The lowest BCUT2D eigenvalue weighted by atomic mass is 10.1. The molecule has 0 heterocycles. The molecule has 0 aliphatic carbocycles. The minimum Gasteiger partial charge on any atom is -0.462 e. The summed E-state index contributed by atoms with van der Waals surface area (Å²) in [7, 11) is -4.76. The minimum absolute atomic E-state index is 0.203. The average molecular weight is 783 g/mol. The molecule has 8 nitrogen and oxygen atoms in total. The van der Waals surface area contributed by atoms with Gasteiger partial charge in [-0.3, -0.25) is 14.1 Å². The van der Waals surface area contributed by atoms with E-state index in [9.17, 15) is 14.2 Å². The van der Waals surface area contributed by atoms with E-state index in [-0.39, 0.29) is 19.4 Å². The maximum Gasteiger partial charge on any atom is 0.469 e. The number of allylic oxidation sites excluding steroid dienone is 6. The first-order chi connectivity index (χ1) is 26.3. The van der Waals surface area contributed by atoms with Crippen LogP contribution in [-0.2, 0) is 28.2 Å². The molecular formula is C45H83O8P. The van der Waals surface area contributed by atoms with Gasteiger partial charge in [-0.05, 0) is 70.6 Å². The van der Waals surface area contributed by atoms with Crippen LogP contribution in [0.25, 0.3) is 0 Å². The molecule has 0 rings (SSSR count). The van der Waals surface area contributed by atoms with Gasteiger partial charge < -0.3 is 19.3 Å². The van der Waals surface area contributed by atoms with Crippen molar-refractivity contribution in [2.24, 2.45) is 0 Å². The van der Waals surface area contributed by atoms with Crippen LogP contribution in [0.1, 0.15) is 219 Å². The molecule has 0 aliphatic heterocycles. The Bertz CT molecular complexity index is 973. The first kappa shape index (κ1) is 52.3. The molecular weight excluding hydrogens is 699 g/mol. The summed E-state index contributed by atoms with van der Waals surface area (Å²) in [6.07, 6.45) is 48.6. The van der Waals surface area contributed by atoms with Crippen molar-refractivity contribution in [3.05, 3.63) is 36.5 Å². The molecule has 54 heavy (non-hydrogen) atoms. The van der Waals surface area contributed by atoms with E-state index in [2.05, 4.69) is 54.8 Å². The average Bonchev–Trinajstić information content (AvgIpc) is 3.14. The Morgan fingerprint density at radius 3 is 1.28 bits per heavy atom. The predicted molar refractivity (Wildman–Crippen MR) is 225 cm³/mol. The molecule has 0 spiro atoms. The van der Waals surface area contributed by atoms with E-state index in [0.717, 1.165) is 51.4 Å². The fraction of sp³-hybridized carbons (Fsp3) is 0.822. The van der Waals surface area contributed by atoms with Gasteiger partial charge in [-0.2, -0.15) is 0 Å². The van der Waals surface area contributed by atoms with E-state index in [0.29, 0.717) is 6.42 Å². The van der Waals surface area contributed by atoms with Gasteiger partial charge in [-0.1, -0.05) is 172 Å². The van der Waals surface area contributed by atoms with Crippen LogP contribution in [0.15, 0.2) is 36.5 Å². The molecule has 0 saturated heterocycles. The number of phosphoric acid groups is 1. The Morgan fingerprint density at radius 2 is 0.833 bits per heavy atom. The van der Waals surface area contributed by atoms with E-state index in [4.69, 9.17) is 19.3 Å². The van der Waals surface area contributed by atoms with E-state index in [1.54, 1.807) is 0 Å². The molecule has 316 valence electrons. The normalized spacial score (nSPS) is 12.7. The summed E-state index contributed by atoms with van der Waals surface area (Å²) in [6.45, 7) is 3.67. The second kappa shape index (κ2) is 40.9. The van der Waals surface area contributed by atoms with Gasteiger partial charge in [0.2, 0.25) is 0 Å². The van der Waals surface area contributed by atoms with Gasteiger partial charge in [-0.25, -0.2) is 4.57 Å². The van der Waals surface area contributed by atoms with Gasteiger partial charge in [0.25, 0.3) is 0 Å². The van der Waals surface area contributed by atoms with E-state index >= 15 is 0 Å². The molecule has 2 N–H and O–H groups in total. The Morgan fingerprint density at radius 1 is 0.481 bits per heavy atom. The van der Waals surface area contributed by atoms with Crippen LogP contribution in [0.4, 0.5) is 0 Å². The number of unbranched alkanes of at least 4 members (excludes halogenated alkanes) is 25. The monoisotopic (exact) mass is 783 g/mol. The molecule has 0 aromatic carbocycles. The van der Waals surface area contributed by atoms with Crippen molar-refractivity contribution in [3.63, 3.8) is 0 Å². The van der Waals surface area contributed by atoms with Crippen molar-refractivity contribution in [1.29, 1.82) is 0 Å². The van der Waals surface area contributed by atoms with Crippen molar-refractivity contribution in [2.45, 2.75) is 225 Å². The maximum absolute atomic E-state index is 12.4. The highest BCUT2D eigenvalue weighted by Gasteiger charge is 2.22. The number of carbonyl (C=O) groups is 2. The number of carbonyl (C=O) groups excluding carboxylic acids is 2. The summed E-state index contributed by atoms with van der Waals surface area (Å²) in [5, 5.41) is 0. The van der Waals surface area contributed by atoms with Gasteiger partial charge >= 0.3 is 19.8 Å². The molecule has 0 aromatic heterocycles. The molecule has 1 atom stereocenters. The van der Waals surface area contributed by atoms with Gasteiger partial charge in [0.1, 0.15) is 6.61 Å². The number of phosphoric ester groups is 1. The molecule has 0 amide bonds. The van der Waals surface area contributed by atoms with Crippen LogP contribution in [0.2, 0.25) is 0 Å². The second-order valence-electron chi connectivity index (χ2n) is 15.0. The van der Waals surface area contributed by atoms with Gasteiger partial charge in [0, 0.05) is 12.8 Å². The molecule has 0 saturated carbocycles. The van der Waals surface area contributed by atoms with Gasteiger partial charge in [-0.15, -0.1) is 0 Å². The lowest BCUT2D eigenvalue weighted by Gasteiger charge is -2.18. The minimum atomic E-state index is -4.76. The van der Waals surface area contributed by atoms with Crippen LogP contribution < -0.4 is 0 Å². The number of hydrogen-bond acceptors (Lipinski definition) is 6. The summed E-state index contributed by atoms with van der Waals surface area (Å²) in [5.74, 6) is -0.891. The SMILES string of the molecule is CCCCC/C=C/C/C=C/CCCCCCCCCC(=O)O[C@H](COC(=O)CCCCCCCCCCC/C=C/CCCCCCCC)COP(=O)(O)O. The highest BCUT2D eigenvalue weighted by atomic mass is 31.2. The van der Waals surface area contributed by atoms with E-state index < -0.39 is 32.5 Å². The first-order valence-electron chi connectivity index (χ1n) is 22.3. The lowest BCUT2D eigenvalue weighted by Crippen LogP contribution is -2.29. The van der Waals surface area contributed by atoms with E-state index in [1.165, 1.54) is 135 Å². The second-order valence-corrected chi connectivity index (χ2v) is 16.3. The summed E-state index contributed by atoms with van der Waals surface area (Å²) < 4.78 is 26.4. The topological polar surface area (TPSA) is 119 Å². The molecule has 9 heteroatoms. The van der Waals surface area contributed by atoms with Gasteiger partial charge in [0.15, 0.2) is 6.10 Å². The lowest BCUT2D eigenvalue weighted by molar-refractivity contribution is -0.161. The first-order valence-corrected chi connectivity index (χ1v) is 23.8. The number of rotatable bonds is 41. The number of esters is 2. The zero-order valence-corrected chi connectivity index (χ0v) is 35.8. The fourth-order valence-corrected chi connectivity index (χ4v) is 6.64. The third-order valence-corrected chi connectivity index (χ3v) is 10.1. The molecule has 0 bridgehead atoms. The zero-order chi connectivity index (χ0) is 39.6. The Hall–Kier alpha value is -1.73. The van der Waals surface area contributed by atoms with Crippen molar-refractivity contribution in [1.82, 2.24) is 0 Å². The smallest absolute Gasteiger partial charge is 0.462 e. The van der Waals surface area contributed by atoms with Crippen molar-refractivity contribution in [2.75, 3.05) is 13.2 Å². The fourth-order valence-electron chi connectivity index (χ4n) is 6.28. The van der Waals surface area contributed by atoms with Crippen molar-refractivity contribution in [3.8, 4) is 0 Å². The third kappa shape index (κ3) is 43.0. The Kier molecular flexibility index (Phi) is 39.6. The van der Waals surface area contributed by atoms with Crippen LogP contribution in [-0.4, -0.2) is 41.0 Å². The number of ether oxygens (including phenoxy) is 2. The van der Waals surface area contributed by atoms with Crippen LogP contribution in [0.5, 0.6) is 0 Å². The van der Waals surface area contributed by atoms with E-state index in [1.807, 2.05) is 0 Å². The largest absolute Gasteiger partial charge is 0.469 e. The van der Waals surface area contributed by atoms with Crippen molar-refractivity contribution < 1.29 is 37.9 Å².